The molecule has 0 bridgehead atoms. The molecule has 1 saturated carbocycles. The highest BCUT2D eigenvalue weighted by molar-refractivity contribution is 4.99. The van der Waals surface area contributed by atoms with Crippen molar-refractivity contribution in [3.63, 3.8) is 0 Å². The molecule has 3 unspecified atom stereocenters. The van der Waals surface area contributed by atoms with E-state index in [0.717, 1.165) is 58.3 Å². The molecular weight excluding hydrogens is 228 g/mol. The van der Waals surface area contributed by atoms with Gasteiger partial charge in [-0.15, -0.1) is 0 Å². The molecule has 2 heterocycles. The molecule has 0 radical (unpaired) electrons. The molecule has 3 atom stereocenters. The normalized spacial score (nSPS) is 44.3. The Hall–Kier alpha value is -0.120. The molecule has 0 aromatic heterocycles. The van der Waals surface area contributed by atoms with Gasteiger partial charge in [-0.05, 0) is 56.8 Å². The van der Waals surface area contributed by atoms with E-state index in [2.05, 4.69) is 6.92 Å². The Balaban J connectivity index is 1.70. The van der Waals surface area contributed by atoms with E-state index < -0.39 is 5.60 Å². The third-order valence-electron chi connectivity index (χ3n) is 5.43. The van der Waals surface area contributed by atoms with E-state index in [-0.39, 0.29) is 5.60 Å². The summed E-state index contributed by atoms with van der Waals surface area (Å²) in [4.78, 5) is 0. The standard InChI is InChI=1S/C15H26O3/c1-12-2-4-15(16,10-12)13-3-7-18-14(11-13)5-8-17-9-6-14/h12-13,16H,2-11H2,1H3. The van der Waals surface area contributed by atoms with Gasteiger partial charge in [0.2, 0.25) is 0 Å². The summed E-state index contributed by atoms with van der Waals surface area (Å²) in [7, 11) is 0. The molecule has 0 amide bonds. The highest BCUT2D eigenvalue weighted by Crippen LogP contribution is 2.47. The summed E-state index contributed by atoms with van der Waals surface area (Å²) in [5.74, 6) is 1.12. The lowest BCUT2D eigenvalue weighted by Crippen LogP contribution is -2.50. The van der Waals surface area contributed by atoms with Crippen LogP contribution in [-0.2, 0) is 9.47 Å². The van der Waals surface area contributed by atoms with Crippen molar-refractivity contribution in [2.45, 2.75) is 63.1 Å². The lowest BCUT2D eigenvalue weighted by atomic mass is 9.72. The highest BCUT2D eigenvalue weighted by Gasteiger charge is 2.48. The molecule has 3 heteroatoms. The highest BCUT2D eigenvalue weighted by atomic mass is 16.5. The molecule has 0 aromatic rings. The number of hydrogen-bond acceptors (Lipinski definition) is 3. The molecular formula is C15H26O3. The molecule has 1 N–H and O–H groups in total. The molecule has 0 aromatic carbocycles. The van der Waals surface area contributed by atoms with Crippen molar-refractivity contribution in [2.24, 2.45) is 11.8 Å². The van der Waals surface area contributed by atoms with E-state index in [1.54, 1.807) is 0 Å². The minimum absolute atomic E-state index is 0.0166. The SMILES string of the molecule is CC1CCC(O)(C2CCOC3(CCOCC3)C2)C1. The Labute approximate surface area is 110 Å². The summed E-state index contributed by atoms with van der Waals surface area (Å²) in [5.41, 5.74) is -0.392. The number of aliphatic hydroxyl groups is 1. The lowest BCUT2D eigenvalue weighted by Gasteiger charge is -2.47. The fourth-order valence-electron chi connectivity index (χ4n) is 4.25. The van der Waals surface area contributed by atoms with Gasteiger partial charge in [0.15, 0.2) is 0 Å². The van der Waals surface area contributed by atoms with Crippen molar-refractivity contribution >= 4 is 0 Å². The quantitative estimate of drug-likeness (QED) is 0.781. The van der Waals surface area contributed by atoms with Crippen LogP contribution in [0.2, 0.25) is 0 Å². The van der Waals surface area contributed by atoms with Gasteiger partial charge in [0.05, 0.1) is 11.2 Å². The Morgan fingerprint density at radius 1 is 1.00 bits per heavy atom. The molecule has 104 valence electrons. The minimum Gasteiger partial charge on any atom is -0.390 e. The van der Waals surface area contributed by atoms with Crippen LogP contribution in [0, 0.1) is 11.8 Å². The Morgan fingerprint density at radius 2 is 1.78 bits per heavy atom. The predicted molar refractivity (Wildman–Crippen MR) is 69.4 cm³/mol. The van der Waals surface area contributed by atoms with Gasteiger partial charge in [0.25, 0.3) is 0 Å². The Kier molecular flexibility index (Phi) is 3.41. The van der Waals surface area contributed by atoms with E-state index in [1.165, 1.54) is 6.42 Å². The first kappa shape index (κ1) is 12.9. The van der Waals surface area contributed by atoms with Crippen molar-refractivity contribution in [2.75, 3.05) is 19.8 Å². The van der Waals surface area contributed by atoms with Crippen LogP contribution >= 0.6 is 0 Å². The van der Waals surface area contributed by atoms with Gasteiger partial charge in [-0.2, -0.15) is 0 Å². The maximum Gasteiger partial charge on any atom is 0.0730 e. The fraction of sp³-hybridized carbons (Fsp3) is 1.00. The zero-order valence-electron chi connectivity index (χ0n) is 11.5. The average molecular weight is 254 g/mol. The largest absolute Gasteiger partial charge is 0.390 e. The maximum atomic E-state index is 10.9. The molecule has 18 heavy (non-hydrogen) atoms. The second kappa shape index (κ2) is 4.77. The molecule has 3 rings (SSSR count). The van der Waals surface area contributed by atoms with Gasteiger partial charge in [-0.1, -0.05) is 6.92 Å². The molecule has 1 spiro atoms. The van der Waals surface area contributed by atoms with Crippen molar-refractivity contribution < 1.29 is 14.6 Å². The predicted octanol–water partition coefficient (Wildman–Crippen LogP) is 2.51. The van der Waals surface area contributed by atoms with Crippen molar-refractivity contribution in [3.05, 3.63) is 0 Å². The van der Waals surface area contributed by atoms with Gasteiger partial charge < -0.3 is 14.6 Å². The first-order chi connectivity index (χ1) is 8.62. The van der Waals surface area contributed by atoms with Crippen LogP contribution in [0.5, 0.6) is 0 Å². The zero-order valence-corrected chi connectivity index (χ0v) is 11.5. The first-order valence-corrected chi connectivity index (χ1v) is 7.56. The fourth-order valence-corrected chi connectivity index (χ4v) is 4.25. The van der Waals surface area contributed by atoms with E-state index >= 15 is 0 Å². The number of ether oxygens (including phenoxy) is 2. The van der Waals surface area contributed by atoms with Crippen molar-refractivity contribution in [1.82, 2.24) is 0 Å². The van der Waals surface area contributed by atoms with Crippen LogP contribution in [0.25, 0.3) is 0 Å². The molecule has 2 saturated heterocycles. The van der Waals surface area contributed by atoms with Gasteiger partial charge in [0, 0.05) is 19.8 Å². The monoisotopic (exact) mass is 254 g/mol. The van der Waals surface area contributed by atoms with Gasteiger partial charge in [-0.25, -0.2) is 0 Å². The van der Waals surface area contributed by atoms with E-state index in [0.29, 0.717) is 11.8 Å². The van der Waals surface area contributed by atoms with Gasteiger partial charge in [-0.3, -0.25) is 0 Å². The zero-order chi connectivity index (χ0) is 12.6. The summed E-state index contributed by atoms with van der Waals surface area (Å²) in [5, 5.41) is 10.9. The maximum absolute atomic E-state index is 10.9. The molecule has 1 aliphatic carbocycles. The van der Waals surface area contributed by atoms with Crippen LogP contribution in [0.3, 0.4) is 0 Å². The summed E-state index contributed by atoms with van der Waals surface area (Å²) in [6.45, 7) is 4.73. The molecule has 3 aliphatic rings. The van der Waals surface area contributed by atoms with Crippen LogP contribution in [0.15, 0.2) is 0 Å². The van der Waals surface area contributed by atoms with Crippen molar-refractivity contribution in [1.29, 1.82) is 0 Å². The van der Waals surface area contributed by atoms with E-state index in [9.17, 15) is 5.11 Å². The van der Waals surface area contributed by atoms with Crippen molar-refractivity contribution in [3.8, 4) is 0 Å². The summed E-state index contributed by atoms with van der Waals surface area (Å²) < 4.78 is 11.5. The summed E-state index contributed by atoms with van der Waals surface area (Å²) in [6.07, 6.45) is 7.26. The van der Waals surface area contributed by atoms with E-state index in [4.69, 9.17) is 9.47 Å². The Morgan fingerprint density at radius 3 is 2.44 bits per heavy atom. The number of hydrogen-bond donors (Lipinski definition) is 1. The number of rotatable bonds is 1. The van der Waals surface area contributed by atoms with Crippen LogP contribution < -0.4 is 0 Å². The van der Waals surface area contributed by atoms with Gasteiger partial charge >= 0.3 is 0 Å². The topological polar surface area (TPSA) is 38.7 Å². The van der Waals surface area contributed by atoms with Crippen LogP contribution in [0.4, 0.5) is 0 Å². The molecule has 3 nitrogen and oxygen atoms in total. The first-order valence-electron chi connectivity index (χ1n) is 7.56. The second-order valence-electron chi connectivity index (χ2n) is 6.79. The molecule has 2 aliphatic heterocycles. The summed E-state index contributed by atoms with van der Waals surface area (Å²) in [6, 6.07) is 0. The third-order valence-corrected chi connectivity index (χ3v) is 5.43. The second-order valence-corrected chi connectivity index (χ2v) is 6.79. The summed E-state index contributed by atoms with van der Waals surface area (Å²) >= 11 is 0. The third kappa shape index (κ3) is 2.33. The smallest absolute Gasteiger partial charge is 0.0730 e. The van der Waals surface area contributed by atoms with Crippen LogP contribution in [-0.4, -0.2) is 36.1 Å². The average Bonchev–Trinajstić information content (AvgIpc) is 2.72. The Bertz CT molecular complexity index is 293. The van der Waals surface area contributed by atoms with Gasteiger partial charge in [0.1, 0.15) is 0 Å². The van der Waals surface area contributed by atoms with E-state index in [1.807, 2.05) is 0 Å². The van der Waals surface area contributed by atoms with Crippen LogP contribution in [0.1, 0.15) is 51.9 Å². The minimum atomic E-state index is -0.408. The lowest BCUT2D eigenvalue weighted by molar-refractivity contribution is -0.174. The molecule has 3 fully saturated rings.